The fraction of sp³-hybridized carbons (Fsp3) is 0.387. The van der Waals surface area contributed by atoms with Crippen molar-refractivity contribution in [3.63, 3.8) is 0 Å². The number of rotatable bonds is 7. The standard InChI is InChI=1S/C31H35ClFN5O7/c1-17-7-5-8-21(29(40)38(3)13-6-14-44-31(42)37-23-12-11-22(32)26(33)18(23)2)28-34-16-25(45-28)20-10-9-19(35-30(41)43-4)15-24(20)36-27(17)39/h9-12,15-17,21H,5-8,13-14H2,1-4H3,(H,35,41)(H,36,39)(H,37,42). The molecular weight excluding hydrogens is 609 g/mol. The summed E-state index contributed by atoms with van der Waals surface area (Å²) in [5.41, 5.74) is 1.77. The Labute approximate surface area is 264 Å². The van der Waals surface area contributed by atoms with Crippen LogP contribution < -0.4 is 16.0 Å². The van der Waals surface area contributed by atoms with E-state index >= 15 is 0 Å². The van der Waals surface area contributed by atoms with E-state index in [0.717, 1.165) is 0 Å². The van der Waals surface area contributed by atoms with Gasteiger partial charge in [0, 0.05) is 42.0 Å². The van der Waals surface area contributed by atoms with E-state index in [-0.39, 0.29) is 53.0 Å². The largest absolute Gasteiger partial charge is 0.453 e. The monoisotopic (exact) mass is 643 g/mol. The maximum Gasteiger partial charge on any atom is 0.411 e. The third kappa shape index (κ3) is 8.29. The number of oxazole rings is 1. The predicted molar refractivity (Wildman–Crippen MR) is 166 cm³/mol. The van der Waals surface area contributed by atoms with Gasteiger partial charge in [-0.2, -0.15) is 0 Å². The molecule has 0 saturated carbocycles. The zero-order chi connectivity index (χ0) is 32.7. The molecule has 1 aromatic heterocycles. The first-order valence-corrected chi connectivity index (χ1v) is 14.8. The van der Waals surface area contributed by atoms with Crippen LogP contribution in [-0.2, 0) is 19.1 Å². The molecule has 1 aliphatic rings. The number of benzene rings is 2. The van der Waals surface area contributed by atoms with Gasteiger partial charge in [-0.15, -0.1) is 0 Å². The first-order chi connectivity index (χ1) is 21.5. The molecule has 3 N–H and O–H groups in total. The second kappa shape index (κ2) is 14.9. The Kier molecular flexibility index (Phi) is 11.0. The van der Waals surface area contributed by atoms with Gasteiger partial charge in [0.1, 0.15) is 11.7 Å². The van der Waals surface area contributed by atoms with Gasteiger partial charge in [0.05, 0.1) is 30.6 Å². The van der Waals surface area contributed by atoms with Gasteiger partial charge in [0.2, 0.25) is 17.7 Å². The highest BCUT2D eigenvalue weighted by atomic mass is 35.5. The molecule has 1 aliphatic heterocycles. The number of amides is 4. The summed E-state index contributed by atoms with van der Waals surface area (Å²) in [6, 6.07) is 7.72. The molecule has 12 nitrogen and oxygen atoms in total. The van der Waals surface area contributed by atoms with Crippen LogP contribution in [0.25, 0.3) is 11.3 Å². The van der Waals surface area contributed by atoms with E-state index in [1.807, 2.05) is 6.92 Å². The van der Waals surface area contributed by atoms with E-state index in [1.54, 1.807) is 25.2 Å². The van der Waals surface area contributed by atoms with Gasteiger partial charge in [0.15, 0.2) is 5.76 Å². The van der Waals surface area contributed by atoms with E-state index in [9.17, 15) is 23.6 Å². The molecule has 240 valence electrons. The topological polar surface area (TPSA) is 152 Å². The molecule has 4 amide bonds. The lowest BCUT2D eigenvalue weighted by Crippen LogP contribution is -2.33. The number of fused-ring (bicyclic) bond motifs is 4. The molecule has 0 spiro atoms. The summed E-state index contributed by atoms with van der Waals surface area (Å²) in [5.74, 6) is -1.54. The van der Waals surface area contributed by atoms with Crippen LogP contribution in [0.2, 0.25) is 5.02 Å². The molecule has 0 saturated heterocycles. The lowest BCUT2D eigenvalue weighted by Gasteiger charge is -2.23. The number of hydrogen-bond donors (Lipinski definition) is 3. The van der Waals surface area contributed by atoms with Gasteiger partial charge in [-0.1, -0.05) is 24.9 Å². The van der Waals surface area contributed by atoms with Crippen LogP contribution in [-0.4, -0.2) is 61.2 Å². The molecule has 0 radical (unpaired) electrons. The molecule has 14 heteroatoms. The summed E-state index contributed by atoms with van der Waals surface area (Å²) >= 11 is 5.76. The number of carbonyl (C=O) groups is 4. The number of nitrogens with one attached hydrogen (secondary N) is 3. The Morgan fingerprint density at radius 1 is 1.18 bits per heavy atom. The average Bonchev–Trinajstić information content (AvgIpc) is 3.50. The minimum atomic E-state index is -0.757. The van der Waals surface area contributed by atoms with E-state index in [0.29, 0.717) is 48.4 Å². The maximum atomic E-state index is 14.0. The number of anilines is 3. The maximum absolute atomic E-state index is 14.0. The third-order valence-electron chi connectivity index (χ3n) is 7.50. The number of aromatic nitrogens is 1. The lowest BCUT2D eigenvalue weighted by atomic mass is 9.95. The van der Waals surface area contributed by atoms with Crippen molar-refractivity contribution >= 4 is 52.7 Å². The minimum absolute atomic E-state index is 0.0165. The summed E-state index contributed by atoms with van der Waals surface area (Å²) in [6.07, 6.45) is 1.91. The highest BCUT2D eigenvalue weighted by Crippen LogP contribution is 2.35. The Morgan fingerprint density at radius 3 is 2.71 bits per heavy atom. The van der Waals surface area contributed by atoms with Gasteiger partial charge < -0.3 is 24.1 Å². The normalized spacial score (nSPS) is 16.3. The average molecular weight is 644 g/mol. The van der Waals surface area contributed by atoms with Crippen molar-refractivity contribution in [1.29, 1.82) is 0 Å². The van der Waals surface area contributed by atoms with Crippen molar-refractivity contribution < 1.29 is 37.5 Å². The highest BCUT2D eigenvalue weighted by molar-refractivity contribution is 6.30. The molecule has 2 heterocycles. The number of hydrogen-bond acceptors (Lipinski definition) is 8. The van der Waals surface area contributed by atoms with Crippen LogP contribution in [0.4, 0.5) is 31.0 Å². The van der Waals surface area contributed by atoms with E-state index < -0.39 is 23.9 Å². The fourth-order valence-electron chi connectivity index (χ4n) is 4.83. The molecular formula is C31H35ClFN5O7. The van der Waals surface area contributed by atoms with Crippen molar-refractivity contribution in [2.75, 3.05) is 43.3 Å². The number of nitrogens with zero attached hydrogens (tertiary/aromatic N) is 2. The second-order valence-corrected chi connectivity index (χ2v) is 11.1. The number of carbonyl (C=O) groups excluding carboxylic acids is 4. The summed E-state index contributed by atoms with van der Waals surface area (Å²) in [6.45, 7) is 3.60. The molecule has 45 heavy (non-hydrogen) atoms. The molecule has 2 unspecified atom stereocenters. The summed E-state index contributed by atoms with van der Waals surface area (Å²) in [4.78, 5) is 56.5. The first kappa shape index (κ1) is 33.2. The summed E-state index contributed by atoms with van der Waals surface area (Å²) in [7, 11) is 2.89. The van der Waals surface area contributed by atoms with Crippen LogP contribution in [0.1, 0.15) is 50.0 Å². The van der Waals surface area contributed by atoms with E-state index in [4.69, 9.17) is 20.8 Å². The van der Waals surface area contributed by atoms with Gasteiger partial charge in [-0.05, 0) is 56.5 Å². The Hall–Kier alpha value is -4.65. The summed E-state index contributed by atoms with van der Waals surface area (Å²) < 4.78 is 29.9. The van der Waals surface area contributed by atoms with E-state index in [2.05, 4.69) is 25.7 Å². The molecule has 2 bridgehead atoms. The zero-order valence-electron chi connectivity index (χ0n) is 25.4. The summed E-state index contributed by atoms with van der Waals surface area (Å²) in [5, 5.41) is 7.93. The Bertz CT molecular complexity index is 1580. The van der Waals surface area contributed by atoms with Gasteiger partial charge in [0.25, 0.3) is 0 Å². The van der Waals surface area contributed by atoms with Crippen molar-refractivity contribution in [1.82, 2.24) is 9.88 Å². The van der Waals surface area contributed by atoms with E-state index in [1.165, 1.54) is 37.3 Å². The van der Waals surface area contributed by atoms with Gasteiger partial charge >= 0.3 is 12.2 Å². The number of methoxy groups -OCH3 is 1. The molecule has 4 rings (SSSR count). The highest BCUT2D eigenvalue weighted by Gasteiger charge is 2.30. The van der Waals surface area contributed by atoms with Gasteiger partial charge in [-0.25, -0.2) is 19.0 Å². The number of likely N-dealkylation sites (N-methyl/N-ethyl adjacent to an activating group) is 1. The van der Waals surface area contributed by atoms with Gasteiger partial charge in [-0.3, -0.25) is 20.2 Å². The Morgan fingerprint density at radius 2 is 1.96 bits per heavy atom. The Balaban J connectivity index is 1.42. The molecule has 2 atom stereocenters. The third-order valence-corrected chi connectivity index (χ3v) is 7.79. The van der Waals surface area contributed by atoms with Crippen LogP contribution >= 0.6 is 11.6 Å². The van der Waals surface area contributed by atoms with Crippen LogP contribution in [0.5, 0.6) is 0 Å². The van der Waals surface area contributed by atoms with Crippen LogP contribution in [0.15, 0.2) is 40.9 Å². The second-order valence-electron chi connectivity index (χ2n) is 10.7. The first-order valence-electron chi connectivity index (χ1n) is 14.4. The molecule has 2 aromatic carbocycles. The minimum Gasteiger partial charge on any atom is -0.453 e. The van der Waals surface area contributed by atoms with Crippen LogP contribution in [0.3, 0.4) is 0 Å². The number of halogens is 2. The zero-order valence-corrected chi connectivity index (χ0v) is 26.1. The predicted octanol–water partition coefficient (Wildman–Crippen LogP) is 6.56. The van der Waals surface area contributed by atoms with Crippen molar-refractivity contribution in [2.24, 2.45) is 5.92 Å². The van der Waals surface area contributed by atoms with Crippen molar-refractivity contribution in [3.05, 3.63) is 58.8 Å². The lowest BCUT2D eigenvalue weighted by molar-refractivity contribution is -0.132. The molecule has 3 aromatic rings. The quantitative estimate of drug-likeness (QED) is 0.245. The number of ether oxygens (including phenoxy) is 2. The smallest absolute Gasteiger partial charge is 0.411 e. The van der Waals surface area contributed by atoms with Crippen molar-refractivity contribution in [2.45, 2.75) is 45.4 Å². The van der Waals surface area contributed by atoms with Crippen molar-refractivity contribution in [3.8, 4) is 11.3 Å². The van der Waals surface area contributed by atoms with Crippen LogP contribution in [0, 0.1) is 18.7 Å². The fourth-order valence-corrected chi connectivity index (χ4v) is 5.03. The molecule has 0 aliphatic carbocycles. The SMILES string of the molecule is COC(=O)Nc1ccc2c(c1)NC(=O)C(C)CCCC(C(=O)N(C)CCCOC(=O)Nc1ccc(Cl)c(F)c1C)c1ncc-2o1. The molecule has 0 fully saturated rings.